The lowest BCUT2D eigenvalue weighted by Gasteiger charge is -2.12. The van der Waals surface area contributed by atoms with Crippen molar-refractivity contribution in [3.8, 4) is 11.1 Å². The van der Waals surface area contributed by atoms with E-state index >= 15 is 0 Å². The van der Waals surface area contributed by atoms with Gasteiger partial charge in [0.05, 0.1) is 0 Å². The Hall–Kier alpha value is -2.68. The molecule has 0 atom stereocenters. The monoisotopic (exact) mass is 438 g/mol. The molecule has 0 N–H and O–H groups in total. The first-order chi connectivity index (χ1) is 13.8. The lowest BCUT2D eigenvalue weighted by atomic mass is 9.93. The summed E-state index contributed by atoms with van der Waals surface area (Å²) in [6.45, 7) is 0. The van der Waals surface area contributed by atoms with E-state index in [0.717, 1.165) is 4.47 Å². The molecule has 1 heterocycles. The quantitative estimate of drug-likeness (QED) is 0.225. The van der Waals surface area contributed by atoms with Gasteiger partial charge >= 0.3 is 0 Å². The van der Waals surface area contributed by atoms with Crippen molar-refractivity contribution in [1.82, 2.24) is 0 Å². The van der Waals surface area contributed by atoms with Crippen molar-refractivity contribution < 1.29 is 0 Å². The van der Waals surface area contributed by atoms with Crippen LogP contribution in [-0.4, -0.2) is 0 Å². The predicted octanol–water partition coefficient (Wildman–Crippen LogP) is 8.79. The average Bonchev–Trinajstić information content (AvgIpc) is 3.11. The zero-order valence-electron chi connectivity index (χ0n) is 14.9. The van der Waals surface area contributed by atoms with E-state index in [2.05, 4.69) is 107 Å². The number of rotatable bonds is 1. The van der Waals surface area contributed by atoms with Crippen molar-refractivity contribution in [1.29, 1.82) is 0 Å². The van der Waals surface area contributed by atoms with Gasteiger partial charge in [-0.1, -0.05) is 82.7 Å². The molecule has 0 aliphatic heterocycles. The third-order valence-electron chi connectivity index (χ3n) is 5.52. The van der Waals surface area contributed by atoms with Crippen molar-refractivity contribution in [3.63, 3.8) is 0 Å². The van der Waals surface area contributed by atoms with Crippen molar-refractivity contribution in [2.45, 2.75) is 0 Å². The molecule has 0 nitrogen and oxygen atoms in total. The first-order valence-corrected chi connectivity index (χ1v) is 10.9. The largest absolute Gasteiger partial charge is 0.135 e. The minimum absolute atomic E-state index is 1.13. The van der Waals surface area contributed by atoms with E-state index in [4.69, 9.17) is 0 Å². The highest BCUT2D eigenvalue weighted by molar-refractivity contribution is 9.10. The Morgan fingerprint density at radius 3 is 2.18 bits per heavy atom. The Kier molecular flexibility index (Phi) is 3.59. The fourth-order valence-corrected chi connectivity index (χ4v) is 5.83. The van der Waals surface area contributed by atoms with E-state index in [1.807, 2.05) is 11.3 Å². The van der Waals surface area contributed by atoms with Crippen molar-refractivity contribution in [2.75, 3.05) is 0 Å². The van der Waals surface area contributed by atoms with E-state index in [1.54, 1.807) is 0 Å². The summed E-state index contributed by atoms with van der Waals surface area (Å²) < 4.78 is 3.81. The van der Waals surface area contributed by atoms with Crippen LogP contribution >= 0.6 is 27.3 Å². The fraction of sp³-hybridized carbons (Fsp3) is 0. The molecule has 28 heavy (non-hydrogen) atoms. The van der Waals surface area contributed by atoms with Gasteiger partial charge in [0, 0.05) is 30.2 Å². The van der Waals surface area contributed by atoms with Crippen LogP contribution in [0.2, 0.25) is 0 Å². The van der Waals surface area contributed by atoms with Crippen LogP contribution in [-0.2, 0) is 0 Å². The van der Waals surface area contributed by atoms with Gasteiger partial charge in [-0.25, -0.2) is 0 Å². The second-order valence-corrected chi connectivity index (χ2v) is 9.08. The Morgan fingerprint density at radius 1 is 0.536 bits per heavy atom. The molecule has 132 valence electrons. The molecule has 0 fully saturated rings. The Bertz CT molecular complexity index is 1520. The lowest BCUT2D eigenvalue weighted by molar-refractivity contribution is 1.73. The summed E-state index contributed by atoms with van der Waals surface area (Å²) in [4.78, 5) is 0. The summed E-state index contributed by atoms with van der Waals surface area (Å²) in [5.41, 5.74) is 2.63. The molecule has 6 aromatic rings. The SMILES string of the molecule is Brc1ccc2sc3c(-c4cc5ccccc5c5ccccc45)cccc3c2c1. The summed E-state index contributed by atoms with van der Waals surface area (Å²) in [5.74, 6) is 0. The van der Waals surface area contributed by atoms with Crippen LogP contribution in [0.15, 0.2) is 95.5 Å². The normalized spacial score (nSPS) is 11.8. The fourth-order valence-electron chi connectivity index (χ4n) is 4.26. The zero-order chi connectivity index (χ0) is 18.7. The van der Waals surface area contributed by atoms with Crippen LogP contribution in [0.4, 0.5) is 0 Å². The lowest BCUT2D eigenvalue weighted by Crippen LogP contribution is -1.84. The molecule has 0 amide bonds. The second-order valence-electron chi connectivity index (χ2n) is 7.12. The molecule has 1 aromatic heterocycles. The van der Waals surface area contributed by atoms with Crippen LogP contribution in [0.5, 0.6) is 0 Å². The summed E-state index contributed by atoms with van der Waals surface area (Å²) in [7, 11) is 0. The molecule has 2 heteroatoms. The zero-order valence-corrected chi connectivity index (χ0v) is 17.3. The molecule has 6 rings (SSSR count). The summed E-state index contributed by atoms with van der Waals surface area (Å²) >= 11 is 5.52. The van der Waals surface area contributed by atoms with E-state index in [-0.39, 0.29) is 0 Å². The summed E-state index contributed by atoms with van der Waals surface area (Å²) in [5, 5.41) is 7.88. The number of hydrogen-bond donors (Lipinski definition) is 0. The van der Waals surface area contributed by atoms with Gasteiger partial charge in [0.1, 0.15) is 0 Å². The standard InChI is InChI=1S/C26H15BrS/c27-17-12-13-25-24(15-17)22-11-5-10-21(26(22)28-25)23-14-16-6-1-2-7-18(16)19-8-3-4-9-20(19)23/h1-15H. The molecule has 0 aliphatic carbocycles. The van der Waals surface area contributed by atoms with Gasteiger partial charge in [-0.2, -0.15) is 0 Å². The molecule has 5 aromatic carbocycles. The highest BCUT2D eigenvalue weighted by atomic mass is 79.9. The van der Waals surface area contributed by atoms with Crippen molar-refractivity contribution in [3.05, 3.63) is 95.5 Å². The van der Waals surface area contributed by atoms with Gasteiger partial charge in [0.15, 0.2) is 0 Å². The molecule has 0 saturated heterocycles. The average molecular weight is 439 g/mol. The van der Waals surface area contributed by atoms with Gasteiger partial charge in [-0.3, -0.25) is 0 Å². The van der Waals surface area contributed by atoms with E-state index in [9.17, 15) is 0 Å². The molecule has 0 saturated carbocycles. The van der Waals surface area contributed by atoms with E-state index in [1.165, 1.54) is 52.8 Å². The van der Waals surface area contributed by atoms with Gasteiger partial charge in [0.25, 0.3) is 0 Å². The highest BCUT2D eigenvalue weighted by Gasteiger charge is 2.14. The number of benzene rings is 5. The van der Waals surface area contributed by atoms with E-state index in [0.29, 0.717) is 0 Å². The molecule has 0 spiro atoms. The summed E-state index contributed by atoms with van der Waals surface area (Å²) in [6.07, 6.45) is 0. The van der Waals surface area contributed by atoms with Crippen LogP contribution < -0.4 is 0 Å². The molecule has 0 bridgehead atoms. The maximum Gasteiger partial charge on any atom is 0.0434 e. The smallest absolute Gasteiger partial charge is 0.0434 e. The Labute approximate surface area is 175 Å². The summed E-state index contributed by atoms with van der Waals surface area (Å²) in [6, 6.07) is 33.1. The molecule has 0 unspecified atom stereocenters. The number of halogens is 1. The van der Waals surface area contributed by atoms with E-state index < -0.39 is 0 Å². The van der Waals surface area contributed by atoms with Crippen LogP contribution in [0, 0.1) is 0 Å². The van der Waals surface area contributed by atoms with Crippen molar-refractivity contribution >= 4 is 69.0 Å². The topological polar surface area (TPSA) is 0 Å². The number of thiophene rings is 1. The first kappa shape index (κ1) is 16.3. The minimum atomic E-state index is 1.13. The second kappa shape index (κ2) is 6.16. The third kappa shape index (κ3) is 2.35. The number of fused-ring (bicyclic) bond motifs is 6. The van der Waals surface area contributed by atoms with Crippen LogP contribution in [0.1, 0.15) is 0 Å². The molecular weight excluding hydrogens is 424 g/mol. The van der Waals surface area contributed by atoms with Gasteiger partial charge in [0.2, 0.25) is 0 Å². The third-order valence-corrected chi connectivity index (χ3v) is 7.23. The Balaban J connectivity index is 1.78. The molecule has 0 aliphatic rings. The maximum atomic E-state index is 3.63. The van der Waals surface area contributed by atoms with Gasteiger partial charge in [-0.05, 0) is 51.4 Å². The Morgan fingerprint density at radius 2 is 1.29 bits per heavy atom. The van der Waals surface area contributed by atoms with Crippen LogP contribution in [0.3, 0.4) is 0 Å². The minimum Gasteiger partial charge on any atom is -0.135 e. The predicted molar refractivity (Wildman–Crippen MR) is 127 cm³/mol. The molecular formula is C26H15BrS. The maximum absolute atomic E-state index is 3.63. The highest BCUT2D eigenvalue weighted by Crippen LogP contribution is 2.43. The van der Waals surface area contributed by atoms with Gasteiger partial charge < -0.3 is 0 Å². The van der Waals surface area contributed by atoms with Crippen LogP contribution in [0.25, 0.3) is 52.8 Å². The van der Waals surface area contributed by atoms with Gasteiger partial charge in [-0.15, -0.1) is 11.3 Å². The molecule has 0 radical (unpaired) electrons. The number of hydrogen-bond acceptors (Lipinski definition) is 1. The van der Waals surface area contributed by atoms with Crippen molar-refractivity contribution in [2.24, 2.45) is 0 Å². The first-order valence-electron chi connectivity index (χ1n) is 9.31.